The standard InChI is InChI=1S/C13H12FN3O2/c14-11-4-2-1-3-9(11)5-15-7-12-10(13(18)19)6-16-8-17-12/h1-4,6,8,15H,5,7H2,(H,18,19). The number of aromatic nitrogens is 2. The molecule has 19 heavy (non-hydrogen) atoms. The molecule has 2 N–H and O–H groups in total. The van der Waals surface area contributed by atoms with Crippen molar-refractivity contribution in [3.63, 3.8) is 0 Å². The van der Waals surface area contributed by atoms with Gasteiger partial charge in [0.15, 0.2) is 0 Å². The van der Waals surface area contributed by atoms with Gasteiger partial charge in [-0.3, -0.25) is 0 Å². The molecule has 0 bridgehead atoms. The van der Waals surface area contributed by atoms with Crippen LogP contribution in [0.1, 0.15) is 21.6 Å². The first-order valence-electron chi connectivity index (χ1n) is 5.65. The highest BCUT2D eigenvalue weighted by atomic mass is 19.1. The third-order valence-electron chi connectivity index (χ3n) is 2.59. The van der Waals surface area contributed by atoms with Crippen molar-refractivity contribution in [1.82, 2.24) is 15.3 Å². The fourth-order valence-corrected chi connectivity index (χ4v) is 1.63. The number of nitrogens with one attached hydrogen (secondary N) is 1. The van der Waals surface area contributed by atoms with Crippen LogP contribution in [0.4, 0.5) is 4.39 Å². The molecule has 5 nitrogen and oxygen atoms in total. The van der Waals surface area contributed by atoms with Crippen molar-refractivity contribution in [2.75, 3.05) is 0 Å². The summed E-state index contributed by atoms with van der Waals surface area (Å²) < 4.78 is 13.4. The van der Waals surface area contributed by atoms with E-state index in [1.54, 1.807) is 18.2 Å². The molecule has 0 spiro atoms. The summed E-state index contributed by atoms with van der Waals surface area (Å²) in [5.74, 6) is -1.38. The molecule has 2 aromatic rings. The molecule has 0 unspecified atom stereocenters. The van der Waals surface area contributed by atoms with Gasteiger partial charge in [-0.15, -0.1) is 0 Å². The summed E-state index contributed by atoms with van der Waals surface area (Å²) in [6.07, 6.45) is 2.53. The molecular weight excluding hydrogens is 249 g/mol. The number of carbonyl (C=O) groups is 1. The zero-order valence-corrected chi connectivity index (χ0v) is 10.0. The fourth-order valence-electron chi connectivity index (χ4n) is 1.63. The summed E-state index contributed by atoms with van der Waals surface area (Å²) in [7, 11) is 0. The van der Waals surface area contributed by atoms with Gasteiger partial charge < -0.3 is 10.4 Å². The lowest BCUT2D eigenvalue weighted by Gasteiger charge is -2.07. The zero-order valence-electron chi connectivity index (χ0n) is 10.0. The molecule has 98 valence electrons. The normalized spacial score (nSPS) is 10.4. The van der Waals surface area contributed by atoms with Crippen LogP contribution in [0.2, 0.25) is 0 Å². The number of halogens is 1. The first-order chi connectivity index (χ1) is 9.18. The summed E-state index contributed by atoms with van der Waals surface area (Å²) in [6, 6.07) is 6.41. The number of carboxylic acids is 1. The van der Waals surface area contributed by atoms with Crippen molar-refractivity contribution >= 4 is 5.97 Å². The van der Waals surface area contributed by atoms with Crippen LogP contribution < -0.4 is 5.32 Å². The predicted octanol–water partition coefficient (Wildman–Crippen LogP) is 1.60. The molecule has 2 rings (SSSR count). The third-order valence-corrected chi connectivity index (χ3v) is 2.59. The van der Waals surface area contributed by atoms with Crippen LogP contribution in [0, 0.1) is 5.82 Å². The van der Waals surface area contributed by atoms with Gasteiger partial charge in [0.05, 0.1) is 5.69 Å². The number of benzene rings is 1. The average Bonchev–Trinajstić information content (AvgIpc) is 2.41. The van der Waals surface area contributed by atoms with Crippen molar-refractivity contribution in [2.45, 2.75) is 13.1 Å². The van der Waals surface area contributed by atoms with Gasteiger partial charge in [0.2, 0.25) is 0 Å². The Hall–Kier alpha value is -2.34. The number of hydrogen-bond acceptors (Lipinski definition) is 4. The molecule has 0 aliphatic heterocycles. The van der Waals surface area contributed by atoms with E-state index in [9.17, 15) is 9.18 Å². The molecular formula is C13H12FN3O2. The highest BCUT2D eigenvalue weighted by Crippen LogP contribution is 2.07. The van der Waals surface area contributed by atoms with Crippen LogP contribution in [0.25, 0.3) is 0 Å². The summed E-state index contributed by atoms with van der Waals surface area (Å²) in [4.78, 5) is 18.5. The average molecular weight is 261 g/mol. The van der Waals surface area contributed by atoms with Crippen LogP contribution in [0.5, 0.6) is 0 Å². The molecule has 1 aromatic carbocycles. The first kappa shape index (κ1) is 13.1. The Morgan fingerprint density at radius 2 is 2.11 bits per heavy atom. The van der Waals surface area contributed by atoms with Gasteiger partial charge in [0, 0.05) is 24.8 Å². The molecule has 0 fully saturated rings. The Morgan fingerprint density at radius 1 is 1.32 bits per heavy atom. The van der Waals surface area contributed by atoms with E-state index in [4.69, 9.17) is 5.11 Å². The second kappa shape index (κ2) is 6.01. The maximum absolute atomic E-state index is 13.4. The van der Waals surface area contributed by atoms with E-state index in [2.05, 4.69) is 15.3 Å². The number of hydrogen-bond donors (Lipinski definition) is 2. The molecule has 0 aliphatic carbocycles. The molecule has 0 saturated carbocycles. The smallest absolute Gasteiger partial charge is 0.339 e. The Bertz CT molecular complexity index is 590. The van der Waals surface area contributed by atoms with Crippen LogP contribution in [-0.2, 0) is 13.1 Å². The summed E-state index contributed by atoms with van der Waals surface area (Å²) >= 11 is 0. The molecule has 0 aliphatic rings. The number of rotatable bonds is 5. The van der Waals surface area contributed by atoms with Gasteiger partial charge in [0.25, 0.3) is 0 Å². The van der Waals surface area contributed by atoms with Crippen LogP contribution >= 0.6 is 0 Å². The van der Waals surface area contributed by atoms with E-state index < -0.39 is 5.97 Å². The third kappa shape index (κ3) is 3.32. The van der Waals surface area contributed by atoms with Gasteiger partial charge >= 0.3 is 5.97 Å². The topological polar surface area (TPSA) is 75.1 Å². The lowest BCUT2D eigenvalue weighted by atomic mass is 10.2. The van der Waals surface area contributed by atoms with Gasteiger partial charge in [-0.05, 0) is 6.07 Å². The van der Waals surface area contributed by atoms with E-state index in [1.165, 1.54) is 18.6 Å². The van der Waals surface area contributed by atoms with Gasteiger partial charge in [-0.25, -0.2) is 19.2 Å². The van der Waals surface area contributed by atoms with E-state index in [0.717, 1.165) is 0 Å². The SMILES string of the molecule is O=C(O)c1cncnc1CNCc1ccccc1F. The second-order valence-electron chi connectivity index (χ2n) is 3.88. The molecule has 6 heteroatoms. The number of nitrogens with zero attached hydrogens (tertiary/aromatic N) is 2. The van der Waals surface area contributed by atoms with Crippen molar-refractivity contribution in [2.24, 2.45) is 0 Å². The Kier molecular flexibility index (Phi) is 4.15. The van der Waals surface area contributed by atoms with Gasteiger partial charge in [-0.1, -0.05) is 18.2 Å². The van der Waals surface area contributed by atoms with Gasteiger partial charge in [-0.2, -0.15) is 0 Å². The Morgan fingerprint density at radius 3 is 2.84 bits per heavy atom. The fraction of sp³-hybridized carbons (Fsp3) is 0.154. The zero-order chi connectivity index (χ0) is 13.7. The highest BCUT2D eigenvalue weighted by Gasteiger charge is 2.10. The van der Waals surface area contributed by atoms with Crippen molar-refractivity contribution in [1.29, 1.82) is 0 Å². The predicted molar refractivity (Wildman–Crippen MR) is 65.9 cm³/mol. The molecule has 0 atom stereocenters. The minimum atomic E-state index is -1.08. The number of aromatic carboxylic acids is 1. The molecule has 0 amide bonds. The summed E-state index contributed by atoms with van der Waals surface area (Å²) in [5, 5.41) is 11.9. The maximum atomic E-state index is 13.4. The summed E-state index contributed by atoms with van der Waals surface area (Å²) in [6.45, 7) is 0.536. The van der Waals surface area contributed by atoms with Crippen LogP contribution in [0.15, 0.2) is 36.8 Å². The highest BCUT2D eigenvalue weighted by molar-refractivity contribution is 5.88. The van der Waals surface area contributed by atoms with E-state index in [-0.39, 0.29) is 17.9 Å². The number of carboxylic acid groups (broad SMARTS) is 1. The maximum Gasteiger partial charge on any atom is 0.339 e. The second-order valence-corrected chi connectivity index (χ2v) is 3.88. The lowest BCUT2D eigenvalue weighted by molar-refractivity contribution is 0.0694. The van der Waals surface area contributed by atoms with Crippen molar-refractivity contribution in [3.05, 3.63) is 59.4 Å². The Labute approximate surface area is 109 Å². The van der Waals surface area contributed by atoms with Crippen LogP contribution in [-0.4, -0.2) is 21.0 Å². The first-order valence-corrected chi connectivity index (χ1v) is 5.65. The van der Waals surface area contributed by atoms with Crippen molar-refractivity contribution < 1.29 is 14.3 Å². The van der Waals surface area contributed by atoms with Gasteiger partial charge in [0.1, 0.15) is 17.7 Å². The quantitative estimate of drug-likeness (QED) is 0.855. The van der Waals surface area contributed by atoms with E-state index in [0.29, 0.717) is 17.8 Å². The molecule has 1 aromatic heterocycles. The largest absolute Gasteiger partial charge is 0.478 e. The lowest BCUT2D eigenvalue weighted by Crippen LogP contribution is -2.17. The summed E-state index contributed by atoms with van der Waals surface area (Å²) in [5.41, 5.74) is 0.941. The van der Waals surface area contributed by atoms with Crippen LogP contribution in [0.3, 0.4) is 0 Å². The molecule has 0 saturated heterocycles. The van der Waals surface area contributed by atoms with E-state index in [1.807, 2.05) is 0 Å². The van der Waals surface area contributed by atoms with Crippen molar-refractivity contribution in [3.8, 4) is 0 Å². The monoisotopic (exact) mass is 261 g/mol. The minimum absolute atomic E-state index is 0.0449. The molecule has 1 heterocycles. The minimum Gasteiger partial charge on any atom is -0.478 e. The Balaban J connectivity index is 2.00. The molecule has 0 radical (unpaired) electrons. The van der Waals surface area contributed by atoms with E-state index >= 15 is 0 Å².